The Morgan fingerprint density at radius 3 is 2.23 bits per heavy atom. The van der Waals surface area contributed by atoms with Crippen molar-refractivity contribution in [2.24, 2.45) is 5.92 Å². The number of furan rings is 1. The van der Waals surface area contributed by atoms with Crippen LogP contribution in [0.4, 0.5) is 11.4 Å². The molecule has 0 fully saturated rings. The smallest absolute Gasteiger partial charge is 0.145 e. The molecule has 0 amide bonds. The van der Waals surface area contributed by atoms with E-state index < -0.39 is 0 Å². The Labute approximate surface area is 330 Å². The van der Waals surface area contributed by atoms with Crippen LogP contribution < -0.4 is 4.90 Å². The van der Waals surface area contributed by atoms with Gasteiger partial charge in [-0.05, 0) is 121 Å². The van der Waals surface area contributed by atoms with Gasteiger partial charge in [-0.2, -0.15) is 0 Å². The van der Waals surface area contributed by atoms with Gasteiger partial charge in [0.25, 0.3) is 0 Å². The van der Waals surface area contributed by atoms with Gasteiger partial charge in [-0.15, -0.1) is 0 Å². The largest absolute Gasteiger partial charge is 0.455 e. The Balaban J connectivity index is 1.00. The average Bonchev–Trinajstić information content (AvgIpc) is 3.92. The topological polar surface area (TPSA) is 26.2 Å². The quantitative estimate of drug-likeness (QED) is 0.176. The zero-order chi connectivity index (χ0) is 37.6. The second-order valence-electron chi connectivity index (χ2n) is 15.7. The van der Waals surface area contributed by atoms with Crippen molar-refractivity contribution < 1.29 is 4.42 Å². The predicted molar refractivity (Wildman–Crippen MR) is 239 cm³/mol. The third-order valence-electron chi connectivity index (χ3n) is 12.2. The number of aromatic nitrogens is 2. The summed E-state index contributed by atoms with van der Waals surface area (Å²) in [5.74, 6) is 0.483. The van der Waals surface area contributed by atoms with Gasteiger partial charge in [-0.25, -0.2) is 0 Å². The van der Waals surface area contributed by atoms with E-state index in [2.05, 4.69) is 191 Å². The lowest BCUT2D eigenvalue weighted by Crippen LogP contribution is -2.17. The number of anilines is 2. The molecule has 7 aromatic carbocycles. The van der Waals surface area contributed by atoms with E-state index >= 15 is 0 Å². The second kappa shape index (κ2) is 12.5. The molecule has 0 bridgehead atoms. The Kier molecular flexibility index (Phi) is 7.06. The van der Waals surface area contributed by atoms with E-state index in [-0.39, 0.29) is 0 Å². The summed E-state index contributed by atoms with van der Waals surface area (Å²) in [4.78, 5) is 2.41. The van der Waals surface area contributed by atoms with Gasteiger partial charge >= 0.3 is 0 Å². The van der Waals surface area contributed by atoms with Gasteiger partial charge < -0.3 is 18.5 Å². The third kappa shape index (κ3) is 4.93. The summed E-state index contributed by atoms with van der Waals surface area (Å²) >= 11 is 0. The molecular weight excluding hydrogens is 695 g/mol. The highest BCUT2D eigenvalue weighted by Gasteiger charge is 2.23. The van der Waals surface area contributed by atoms with Crippen molar-refractivity contribution in [3.63, 3.8) is 0 Å². The summed E-state index contributed by atoms with van der Waals surface area (Å²) in [7, 11) is 0. The van der Waals surface area contributed by atoms with Crippen LogP contribution in [-0.4, -0.2) is 9.13 Å². The number of para-hydroxylation sites is 2. The summed E-state index contributed by atoms with van der Waals surface area (Å²) < 4.78 is 11.5. The molecule has 3 aromatic heterocycles. The van der Waals surface area contributed by atoms with Gasteiger partial charge in [-0.3, -0.25) is 0 Å². The van der Waals surface area contributed by atoms with Crippen LogP contribution >= 0.6 is 0 Å². The van der Waals surface area contributed by atoms with E-state index in [1.165, 1.54) is 60.9 Å². The van der Waals surface area contributed by atoms with Crippen molar-refractivity contribution in [3.05, 3.63) is 187 Å². The zero-order valence-corrected chi connectivity index (χ0v) is 31.7. The molecule has 0 saturated heterocycles. The van der Waals surface area contributed by atoms with Crippen molar-refractivity contribution >= 4 is 82.9 Å². The molecule has 1 atom stereocenters. The second-order valence-corrected chi connectivity index (χ2v) is 15.7. The first kappa shape index (κ1) is 32.2. The van der Waals surface area contributed by atoms with Gasteiger partial charge in [0.1, 0.15) is 11.2 Å². The van der Waals surface area contributed by atoms with Gasteiger partial charge in [0.05, 0.1) is 21.9 Å². The first-order chi connectivity index (χ1) is 28.2. The van der Waals surface area contributed by atoms with E-state index in [4.69, 9.17) is 4.42 Å². The van der Waals surface area contributed by atoms with E-state index in [1.807, 2.05) is 6.07 Å². The molecular formula is C53H39N3O. The monoisotopic (exact) mass is 733 g/mol. The molecule has 12 rings (SSSR count). The molecule has 0 spiro atoms. The minimum atomic E-state index is 0.483. The molecule has 0 saturated carbocycles. The number of hydrogen-bond donors (Lipinski definition) is 0. The van der Waals surface area contributed by atoms with Crippen molar-refractivity contribution in [2.75, 3.05) is 4.90 Å². The lowest BCUT2D eigenvalue weighted by Gasteiger charge is -2.29. The maximum atomic E-state index is 6.59. The molecule has 2 aliphatic carbocycles. The molecule has 57 heavy (non-hydrogen) atoms. The van der Waals surface area contributed by atoms with E-state index in [9.17, 15) is 0 Å². The van der Waals surface area contributed by atoms with Gasteiger partial charge in [0, 0.05) is 61.2 Å². The van der Waals surface area contributed by atoms with Crippen LogP contribution in [0.3, 0.4) is 0 Å². The summed E-state index contributed by atoms with van der Waals surface area (Å²) in [5.41, 5.74) is 13.9. The fraction of sp³-hybridized carbons (Fsp3) is 0.0943. The molecule has 0 N–H and O–H groups in total. The standard InChI is InChI=1S/C53H39N3O/c1-34-11-10-14-39(31-34)54(40-22-21-35-12-2-3-13-36(35)32-40)37-23-25-38(26-24-37)55-47-18-7-4-15-42(47)46-33-41(27-29-49(46)55)56-48-19-8-5-17-45(48)52-50(56)30-28-44-43-16-6-9-20-51(43)57-53(44)52/h2-6,8-10,12-17,19-34H,7,11,18H2,1H3. The minimum Gasteiger partial charge on any atom is -0.455 e. The van der Waals surface area contributed by atoms with Crippen molar-refractivity contribution in [2.45, 2.75) is 26.2 Å². The molecule has 1 unspecified atom stereocenters. The highest BCUT2D eigenvalue weighted by atomic mass is 16.3. The van der Waals surface area contributed by atoms with E-state index in [0.29, 0.717) is 5.92 Å². The van der Waals surface area contributed by atoms with Gasteiger partial charge in [0.15, 0.2) is 0 Å². The average molecular weight is 734 g/mol. The lowest BCUT2D eigenvalue weighted by atomic mass is 9.99. The molecule has 272 valence electrons. The maximum absolute atomic E-state index is 6.59. The summed E-state index contributed by atoms with van der Waals surface area (Å²) in [5, 5.41) is 8.42. The van der Waals surface area contributed by atoms with E-state index in [0.717, 1.165) is 63.5 Å². The van der Waals surface area contributed by atoms with Crippen molar-refractivity contribution in [3.8, 4) is 11.4 Å². The van der Waals surface area contributed by atoms with Crippen LogP contribution in [0.1, 0.15) is 31.0 Å². The number of hydrogen-bond acceptors (Lipinski definition) is 2. The summed E-state index contributed by atoms with van der Waals surface area (Å²) in [6.45, 7) is 2.30. The highest BCUT2D eigenvalue weighted by molar-refractivity contribution is 6.24. The number of rotatable bonds is 5. The van der Waals surface area contributed by atoms with Crippen LogP contribution in [0, 0.1) is 5.92 Å². The number of allylic oxidation sites excluding steroid dienone is 4. The first-order valence-electron chi connectivity index (χ1n) is 20.1. The molecule has 10 aromatic rings. The maximum Gasteiger partial charge on any atom is 0.145 e. The van der Waals surface area contributed by atoms with Crippen LogP contribution in [0.15, 0.2) is 180 Å². The van der Waals surface area contributed by atoms with Crippen LogP contribution in [0.5, 0.6) is 0 Å². The Bertz CT molecular complexity index is 3350. The van der Waals surface area contributed by atoms with Crippen LogP contribution in [0.25, 0.3) is 82.9 Å². The minimum absolute atomic E-state index is 0.483. The predicted octanol–water partition coefficient (Wildman–Crippen LogP) is 14.4. The lowest BCUT2D eigenvalue weighted by molar-refractivity contribution is 0.673. The summed E-state index contributed by atoms with van der Waals surface area (Å²) in [6, 6.07) is 53.2. The van der Waals surface area contributed by atoms with Crippen molar-refractivity contribution in [1.29, 1.82) is 0 Å². The zero-order valence-electron chi connectivity index (χ0n) is 31.7. The number of benzene rings is 7. The molecule has 0 radical (unpaired) electrons. The van der Waals surface area contributed by atoms with Crippen LogP contribution in [-0.2, 0) is 6.42 Å². The van der Waals surface area contributed by atoms with Crippen LogP contribution in [0.2, 0.25) is 0 Å². The molecule has 4 nitrogen and oxygen atoms in total. The molecule has 0 aliphatic heterocycles. The van der Waals surface area contributed by atoms with E-state index in [1.54, 1.807) is 0 Å². The highest BCUT2D eigenvalue weighted by Crippen LogP contribution is 2.43. The fourth-order valence-electron chi connectivity index (χ4n) is 9.64. The Morgan fingerprint density at radius 2 is 1.33 bits per heavy atom. The molecule has 4 heteroatoms. The number of fused-ring (bicyclic) bond motifs is 11. The molecule has 2 aliphatic rings. The van der Waals surface area contributed by atoms with Gasteiger partial charge in [-0.1, -0.05) is 98.0 Å². The number of nitrogens with zero attached hydrogens (tertiary/aromatic N) is 3. The first-order valence-corrected chi connectivity index (χ1v) is 20.1. The normalized spacial score (nSPS) is 15.4. The third-order valence-corrected chi connectivity index (χ3v) is 12.2. The van der Waals surface area contributed by atoms with Gasteiger partial charge in [0.2, 0.25) is 0 Å². The Morgan fingerprint density at radius 1 is 0.579 bits per heavy atom. The summed E-state index contributed by atoms with van der Waals surface area (Å²) in [6.07, 6.45) is 14.7. The molecule has 3 heterocycles. The van der Waals surface area contributed by atoms with Crippen molar-refractivity contribution in [1.82, 2.24) is 9.13 Å². The SMILES string of the molecule is CC1C=C(N(c2ccc(-n3c4c(c5cc(-n6c7ccccc7c7c8oc9ccccc9c8ccc76)ccc53)C=CCC4)cc2)c2ccc3ccccc3c2)C=CC1. The Hall–Kier alpha value is -7.04. The fourth-order valence-corrected chi connectivity index (χ4v) is 9.64.